The van der Waals surface area contributed by atoms with Crippen LogP contribution in [-0.4, -0.2) is 35.5 Å². The van der Waals surface area contributed by atoms with E-state index in [-0.39, 0.29) is 4.90 Å². The summed E-state index contributed by atoms with van der Waals surface area (Å²) < 4.78 is 23.3. The topological polar surface area (TPSA) is 96.6 Å². The zero-order valence-electron chi connectivity index (χ0n) is 8.78. The summed E-state index contributed by atoms with van der Waals surface area (Å²) in [6.07, 6.45) is 0.892. The lowest BCUT2D eigenvalue weighted by Gasteiger charge is -1.97. The van der Waals surface area contributed by atoms with Gasteiger partial charge in [-0.2, -0.15) is 0 Å². The van der Waals surface area contributed by atoms with Crippen molar-refractivity contribution in [2.24, 2.45) is 0 Å². The van der Waals surface area contributed by atoms with E-state index in [9.17, 15) is 18.3 Å². The number of hydrogen-bond donors (Lipinski definition) is 2. The van der Waals surface area contributed by atoms with Gasteiger partial charge in [-0.25, -0.2) is 17.8 Å². The zero-order chi connectivity index (χ0) is 12.8. The molecular weight excluding hydrogens is 246 g/mol. The maximum atomic E-state index is 11.3. The summed E-state index contributed by atoms with van der Waals surface area (Å²) in [5.74, 6) is -0.424. The van der Waals surface area contributed by atoms with Crippen molar-refractivity contribution < 1.29 is 23.4 Å². The number of rotatable bonds is 1. The Balaban J connectivity index is 2.77. The first-order valence-electron chi connectivity index (χ1n) is 4.58. The summed E-state index contributed by atoms with van der Waals surface area (Å²) in [4.78, 5) is 10.8. The number of carboxylic acid groups (broad SMARTS) is 1. The third-order valence-electron chi connectivity index (χ3n) is 2.39. The summed E-state index contributed by atoms with van der Waals surface area (Å²) in [5.41, 5.74) is 0. The Labute approximate surface area is 96.6 Å². The lowest BCUT2D eigenvalue weighted by molar-refractivity contribution is 0.193. The fourth-order valence-electron chi connectivity index (χ4n) is 1.56. The molecule has 0 radical (unpaired) electrons. The molecule has 7 heteroatoms. The molecule has 6 nitrogen and oxygen atoms in total. The van der Waals surface area contributed by atoms with Gasteiger partial charge in [-0.15, -0.1) is 0 Å². The van der Waals surface area contributed by atoms with Crippen LogP contribution in [0.4, 0.5) is 4.79 Å². The van der Waals surface area contributed by atoms with Crippen molar-refractivity contribution in [3.63, 3.8) is 0 Å². The Kier molecular flexibility index (Phi) is 2.35. The smallest absolute Gasteiger partial charge is 0.418 e. The van der Waals surface area contributed by atoms with Gasteiger partial charge in [0.2, 0.25) is 5.88 Å². The zero-order valence-corrected chi connectivity index (χ0v) is 9.60. The van der Waals surface area contributed by atoms with Gasteiger partial charge in [0.15, 0.2) is 9.84 Å². The molecule has 0 amide bonds. The van der Waals surface area contributed by atoms with Gasteiger partial charge in [-0.1, -0.05) is 0 Å². The Hall–Kier alpha value is -2.02. The van der Waals surface area contributed by atoms with Crippen LogP contribution >= 0.6 is 0 Å². The SMILES string of the molecule is CS(=O)(=O)c1ccc2c(O)n(C(=O)O)cc2c1. The van der Waals surface area contributed by atoms with Gasteiger partial charge in [0.05, 0.1) is 4.90 Å². The second-order valence-electron chi connectivity index (χ2n) is 3.63. The second-order valence-corrected chi connectivity index (χ2v) is 5.64. The molecule has 0 aliphatic rings. The largest absolute Gasteiger partial charge is 0.494 e. The number of carbonyl (C=O) groups is 1. The van der Waals surface area contributed by atoms with E-state index in [4.69, 9.17) is 5.11 Å². The minimum atomic E-state index is -3.36. The first-order valence-corrected chi connectivity index (χ1v) is 6.47. The number of nitrogens with zero attached hydrogens (tertiary/aromatic N) is 1. The maximum absolute atomic E-state index is 11.3. The quantitative estimate of drug-likeness (QED) is 0.800. The summed E-state index contributed by atoms with van der Waals surface area (Å²) in [7, 11) is -3.36. The standard InChI is InChI=1S/C10H9NO5S/c1-17(15,16)7-2-3-8-6(4-7)5-11(9(8)12)10(13)14/h2-5,12H,1H3,(H,13,14). The molecule has 1 heterocycles. The summed E-state index contributed by atoms with van der Waals surface area (Å²) >= 11 is 0. The fourth-order valence-corrected chi connectivity index (χ4v) is 2.21. The molecule has 1 aromatic carbocycles. The Bertz CT molecular complexity index is 714. The molecule has 0 atom stereocenters. The van der Waals surface area contributed by atoms with Gasteiger partial charge in [0, 0.05) is 23.2 Å². The van der Waals surface area contributed by atoms with Crippen molar-refractivity contribution in [1.29, 1.82) is 0 Å². The van der Waals surface area contributed by atoms with E-state index < -0.39 is 21.8 Å². The van der Waals surface area contributed by atoms with E-state index >= 15 is 0 Å². The summed E-state index contributed by atoms with van der Waals surface area (Å²) in [6, 6.07) is 4.02. The van der Waals surface area contributed by atoms with Gasteiger partial charge >= 0.3 is 6.09 Å². The lowest BCUT2D eigenvalue weighted by Crippen LogP contribution is -2.04. The molecule has 0 aliphatic carbocycles. The number of aromatic hydroxyl groups is 1. The molecule has 2 N–H and O–H groups in total. The van der Waals surface area contributed by atoms with Crippen molar-refractivity contribution >= 4 is 26.7 Å². The minimum Gasteiger partial charge on any atom is -0.494 e. The van der Waals surface area contributed by atoms with Crippen molar-refractivity contribution in [3.05, 3.63) is 24.4 Å². The van der Waals surface area contributed by atoms with Crippen LogP contribution in [-0.2, 0) is 9.84 Å². The third-order valence-corrected chi connectivity index (χ3v) is 3.50. The molecule has 1 aromatic heterocycles. The van der Waals surface area contributed by atoms with E-state index in [0.717, 1.165) is 6.26 Å². The molecular formula is C10H9NO5S. The molecule has 0 unspecified atom stereocenters. The molecule has 2 rings (SSSR count). The third kappa shape index (κ3) is 1.84. The van der Waals surface area contributed by atoms with Crippen LogP contribution in [0.3, 0.4) is 0 Å². The normalized spacial score (nSPS) is 11.8. The van der Waals surface area contributed by atoms with Crippen molar-refractivity contribution in [1.82, 2.24) is 4.57 Å². The van der Waals surface area contributed by atoms with Crippen molar-refractivity contribution in [2.45, 2.75) is 4.90 Å². The van der Waals surface area contributed by atoms with Gasteiger partial charge in [0.25, 0.3) is 0 Å². The molecule has 0 bridgehead atoms. The number of benzene rings is 1. The lowest BCUT2D eigenvalue weighted by atomic mass is 10.2. The van der Waals surface area contributed by atoms with E-state index in [2.05, 4.69) is 0 Å². The molecule has 0 saturated carbocycles. The average Bonchev–Trinajstić information content (AvgIpc) is 2.54. The summed E-state index contributed by atoms with van der Waals surface area (Å²) in [6.45, 7) is 0. The first-order chi connectivity index (χ1) is 7.80. The first kappa shape index (κ1) is 11.5. The van der Waals surface area contributed by atoms with Crippen LogP contribution in [0.5, 0.6) is 5.88 Å². The van der Waals surface area contributed by atoms with Crippen LogP contribution in [0.25, 0.3) is 10.8 Å². The van der Waals surface area contributed by atoms with Crippen LogP contribution < -0.4 is 0 Å². The molecule has 90 valence electrons. The number of aromatic nitrogens is 1. The maximum Gasteiger partial charge on any atom is 0.418 e. The highest BCUT2D eigenvalue weighted by molar-refractivity contribution is 7.90. The van der Waals surface area contributed by atoms with E-state index in [1.807, 2.05) is 0 Å². The Morgan fingerprint density at radius 1 is 1.35 bits per heavy atom. The fraction of sp³-hybridized carbons (Fsp3) is 0.100. The highest BCUT2D eigenvalue weighted by Crippen LogP contribution is 2.28. The second kappa shape index (κ2) is 3.49. The van der Waals surface area contributed by atoms with Gasteiger partial charge < -0.3 is 10.2 Å². The van der Waals surface area contributed by atoms with E-state index in [1.165, 1.54) is 24.4 Å². The van der Waals surface area contributed by atoms with Gasteiger partial charge in [-0.05, 0) is 18.2 Å². The average molecular weight is 255 g/mol. The van der Waals surface area contributed by atoms with Crippen LogP contribution in [0.1, 0.15) is 0 Å². The van der Waals surface area contributed by atoms with Gasteiger partial charge in [-0.3, -0.25) is 0 Å². The molecule has 0 aliphatic heterocycles. The highest BCUT2D eigenvalue weighted by Gasteiger charge is 2.15. The van der Waals surface area contributed by atoms with Gasteiger partial charge in [0.1, 0.15) is 0 Å². The Morgan fingerprint density at radius 2 is 2.00 bits per heavy atom. The molecule has 2 aromatic rings. The van der Waals surface area contributed by atoms with E-state index in [1.54, 1.807) is 0 Å². The number of hydrogen-bond acceptors (Lipinski definition) is 4. The van der Waals surface area contributed by atoms with Crippen molar-refractivity contribution in [3.8, 4) is 5.88 Å². The predicted molar refractivity (Wildman–Crippen MR) is 60.1 cm³/mol. The number of fused-ring (bicyclic) bond motifs is 1. The van der Waals surface area contributed by atoms with Crippen LogP contribution in [0.15, 0.2) is 29.3 Å². The molecule has 0 saturated heterocycles. The molecule has 0 spiro atoms. The molecule has 0 fully saturated rings. The molecule has 17 heavy (non-hydrogen) atoms. The van der Waals surface area contributed by atoms with Crippen LogP contribution in [0, 0.1) is 0 Å². The predicted octanol–water partition coefficient (Wildman–Crippen LogP) is 1.28. The van der Waals surface area contributed by atoms with Crippen molar-refractivity contribution in [2.75, 3.05) is 6.26 Å². The summed E-state index contributed by atoms with van der Waals surface area (Å²) in [5, 5.41) is 19.0. The highest BCUT2D eigenvalue weighted by atomic mass is 32.2. The number of sulfone groups is 1. The monoisotopic (exact) mass is 255 g/mol. The van der Waals surface area contributed by atoms with E-state index in [0.29, 0.717) is 15.3 Å². The Morgan fingerprint density at radius 3 is 2.53 bits per heavy atom. The minimum absolute atomic E-state index is 0.0764. The van der Waals surface area contributed by atoms with Crippen LogP contribution in [0.2, 0.25) is 0 Å².